The van der Waals surface area contributed by atoms with E-state index >= 15 is 0 Å². The van der Waals surface area contributed by atoms with Crippen LogP contribution in [-0.2, 0) is 4.79 Å². The summed E-state index contributed by atoms with van der Waals surface area (Å²) in [4.78, 5) is 22.6. The molecule has 1 heterocycles. The summed E-state index contributed by atoms with van der Waals surface area (Å²) in [5, 5.41) is 5.73. The van der Waals surface area contributed by atoms with E-state index in [0.717, 1.165) is 27.7 Å². The largest absolute Gasteiger partial charge is 0.363 e. The minimum absolute atomic E-state index is 0.270. The van der Waals surface area contributed by atoms with Gasteiger partial charge in [-0.1, -0.05) is 36.4 Å². The van der Waals surface area contributed by atoms with Crippen LogP contribution in [0.1, 0.15) is 35.9 Å². The van der Waals surface area contributed by atoms with Crippen molar-refractivity contribution in [3.05, 3.63) is 53.7 Å². The molecule has 1 amide bonds. The van der Waals surface area contributed by atoms with Crippen molar-refractivity contribution in [3.63, 3.8) is 0 Å². The number of rotatable bonds is 4. The van der Waals surface area contributed by atoms with Gasteiger partial charge in [-0.15, -0.1) is 0 Å². The van der Waals surface area contributed by atoms with E-state index in [1.165, 1.54) is 0 Å². The number of ketones is 1. The molecule has 0 radical (unpaired) electrons. The van der Waals surface area contributed by atoms with Crippen LogP contribution in [0.2, 0.25) is 0 Å². The van der Waals surface area contributed by atoms with Gasteiger partial charge in [-0.3, -0.25) is 14.3 Å². The first-order chi connectivity index (χ1) is 11.4. The predicted octanol–water partition coefficient (Wildman–Crippen LogP) is 3.26. The van der Waals surface area contributed by atoms with Crippen molar-refractivity contribution in [1.29, 1.82) is 0 Å². The molecule has 1 aromatic heterocycles. The number of nitrogens with zero attached hydrogens (tertiary/aromatic N) is 2. The Labute approximate surface area is 140 Å². The van der Waals surface area contributed by atoms with Crippen LogP contribution in [0.25, 0.3) is 22.0 Å². The van der Waals surface area contributed by atoms with Gasteiger partial charge < -0.3 is 5.73 Å². The topological polar surface area (TPSA) is 78.0 Å². The fraction of sp³-hybridized carbons (Fsp3) is 0.211. The molecule has 2 aromatic carbocycles. The van der Waals surface area contributed by atoms with Crippen LogP contribution >= 0.6 is 0 Å². The molecule has 0 spiro atoms. The highest BCUT2D eigenvalue weighted by atomic mass is 16.2. The summed E-state index contributed by atoms with van der Waals surface area (Å²) >= 11 is 0. The third kappa shape index (κ3) is 2.69. The Hall–Kier alpha value is -2.95. The quantitative estimate of drug-likeness (QED) is 0.592. The van der Waals surface area contributed by atoms with Crippen LogP contribution in [0, 0.1) is 6.92 Å². The molecule has 0 bridgehead atoms. The normalized spacial score (nSPS) is 11.2. The van der Waals surface area contributed by atoms with E-state index < -0.39 is 11.7 Å². The highest BCUT2D eigenvalue weighted by Gasteiger charge is 2.13. The van der Waals surface area contributed by atoms with Gasteiger partial charge in [-0.05, 0) is 38.0 Å². The zero-order valence-electron chi connectivity index (χ0n) is 13.9. The molecule has 0 aliphatic rings. The van der Waals surface area contributed by atoms with Crippen molar-refractivity contribution < 1.29 is 9.59 Å². The van der Waals surface area contributed by atoms with Gasteiger partial charge in [-0.25, -0.2) is 0 Å². The maximum Gasteiger partial charge on any atom is 0.289 e. The minimum atomic E-state index is -0.944. The van der Waals surface area contributed by atoms with Crippen molar-refractivity contribution in [2.24, 2.45) is 5.73 Å². The number of hydrogen-bond donors (Lipinski definition) is 1. The minimum Gasteiger partial charge on any atom is -0.363 e. The van der Waals surface area contributed by atoms with E-state index in [0.29, 0.717) is 5.56 Å². The summed E-state index contributed by atoms with van der Waals surface area (Å²) < 4.78 is 2.01. The number of primary amides is 1. The number of amides is 1. The molecule has 24 heavy (non-hydrogen) atoms. The van der Waals surface area contributed by atoms with Gasteiger partial charge in [0.25, 0.3) is 5.91 Å². The number of hydrogen-bond acceptors (Lipinski definition) is 3. The summed E-state index contributed by atoms with van der Waals surface area (Å²) in [7, 11) is 0. The molecule has 3 aromatic rings. The molecule has 122 valence electrons. The zero-order valence-corrected chi connectivity index (χ0v) is 13.9. The lowest BCUT2D eigenvalue weighted by Crippen LogP contribution is -2.22. The van der Waals surface area contributed by atoms with Crippen LogP contribution in [0.3, 0.4) is 0 Å². The second kappa shape index (κ2) is 5.92. The molecule has 0 fully saturated rings. The van der Waals surface area contributed by atoms with E-state index in [2.05, 4.69) is 31.1 Å². The van der Waals surface area contributed by atoms with Crippen molar-refractivity contribution in [1.82, 2.24) is 9.78 Å². The fourth-order valence-electron chi connectivity index (χ4n) is 2.83. The van der Waals surface area contributed by atoms with Gasteiger partial charge in [0.15, 0.2) is 0 Å². The maximum absolute atomic E-state index is 11.6. The van der Waals surface area contributed by atoms with Crippen LogP contribution in [0.4, 0.5) is 0 Å². The van der Waals surface area contributed by atoms with E-state index in [4.69, 9.17) is 5.73 Å². The van der Waals surface area contributed by atoms with E-state index in [-0.39, 0.29) is 6.04 Å². The zero-order chi connectivity index (χ0) is 17.4. The average molecular weight is 321 g/mol. The summed E-state index contributed by atoms with van der Waals surface area (Å²) in [5.41, 5.74) is 9.41. The summed E-state index contributed by atoms with van der Waals surface area (Å²) in [5.74, 6) is -1.62. The van der Waals surface area contributed by atoms with Crippen LogP contribution in [0.15, 0.2) is 42.5 Å². The van der Waals surface area contributed by atoms with Crippen LogP contribution in [-0.4, -0.2) is 21.5 Å². The number of nitrogens with two attached hydrogens (primary N) is 1. The third-order valence-corrected chi connectivity index (χ3v) is 4.09. The molecule has 2 N–H and O–H groups in total. The molecular formula is C19H19N3O2. The highest BCUT2D eigenvalue weighted by molar-refractivity contribution is 6.42. The third-order valence-electron chi connectivity index (χ3n) is 4.09. The van der Waals surface area contributed by atoms with Crippen LogP contribution < -0.4 is 5.73 Å². The first-order valence-electron chi connectivity index (χ1n) is 7.82. The van der Waals surface area contributed by atoms with Gasteiger partial charge in [0.05, 0.1) is 11.2 Å². The van der Waals surface area contributed by atoms with Crippen molar-refractivity contribution in [3.8, 4) is 11.1 Å². The SMILES string of the molecule is Cc1nn(C(C)C)c2cc(-c3ccc(C(=O)C(N)=O)cc3)ccc12. The molecule has 0 aliphatic heterocycles. The van der Waals surface area contributed by atoms with Gasteiger partial charge in [0.2, 0.25) is 5.78 Å². The summed E-state index contributed by atoms with van der Waals surface area (Å²) in [6.07, 6.45) is 0. The Morgan fingerprint density at radius 2 is 1.67 bits per heavy atom. The van der Waals surface area contributed by atoms with Crippen molar-refractivity contribution in [2.75, 3.05) is 0 Å². The summed E-state index contributed by atoms with van der Waals surface area (Å²) in [6, 6.07) is 13.4. The Bertz CT molecular complexity index is 937. The van der Waals surface area contributed by atoms with Gasteiger partial charge in [0.1, 0.15) is 0 Å². The number of aryl methyl sites for hydroxylation is 1. The molecule has 0 saturated heterocycles. The number of carbonyl (C=O) groups excluding carboxylic acids is 2. The monoisotopic (exact) mass is 321 g/mol. The maximum atomic E-state index is 11.6. The molecule has 0 atom stereocenters. The first-order valence-corrected chi connectivity index (χ1v) is 7.82. The number of aromatic nitrogens is 2. The second-order valence-corrected chi connectivity index (χ2v) is 6.13. The highest BCUT2D eigenvalue weighted by Crippen LogP contribution is 2.28. The average Bonchev–Trinajstić information content (AvgIpc) is 2.91. The molecule has 0 unspecified atom stereocenters. The van der Waals surface area contributed by atoms with E-state index in [9.17, 15) is 9.59 Å². The first kappa shape index (κ1) is 15.9. The van der Waals surface area contributed by atoms with Gasteiger partial charge in [-0.2, -0.15) is 5.10 Å². The number of Topliss-reactive ketones (excluding diaryl/α,β-unsaturated/α-hetero) is 1. The lowest BCUT2D eigenvalue weighted by Gasteiger charge is -2.09. The van der Waals surface area contributed by atoms with Crippen molar-refractivity contribution in [2.45, 2.75) is 26.8 Å². The number of carbonyl (C=O) groups is 2. The summed E-state index contributed by atoms with van der Waals surface area (Å²) in [6.45, 7) is 6.21. The molecule has 0 aliphatic carbocycles. The van der Waals surface area contributed by atoms with E-state index in [1.54, 1.807) is 12.1 Å². The standard InChI is InChI=1S/C19H19N3O2/c1-11(2)22-17-10-15(8-9-16(17)12(3)21-22)13-4-6-14(7-5-13)18(23)19(20)24/h4-11H,1-3H3,(H2,20,24). The van der Waals surface area contributed by atoms with Gasteiger partial charge in [0, 0.05) is 17.0 Å². The predicted molar refractivity (Wildman–Crippen MR) is 93.8 cm³/mol. The number of benzene rings is 2. The smallest absolute Gasteiger partial charge is 0.289 e. The lowest BCUT2D eigenvalue weighted by atomic mass is 10.0. The Morgan fingerprint density at radius 1 is 1.04 bits per heavy atom. The Kier molecular flexibility index (Phi) is 3.93. The number of fused-ring (bicyclic) bond motifs is 1. The Morgan fingerprint density at radius 3 is 2.25 bits per heavy atom. The molecule has 5 nitrogen and oxygen atoms in total. The lowest BCUT2D eigenvalue weighted by molar-refractivity contribution is -0.114. The molecular weight excluding hydrogens is 302 g/mol. The van der Waals surface area contributed by atoms with Crippen molar-refractivity contribution >= 4 is 22.6 Å². The molecule has 0 saturated carbocycles. The Balaban J connectivity index is 2.05. The van der Waals surface area contributed by atoms with E-state index in [1.807, 2.05) is 29.8 Å². The molecule has 3 rings (SSSR count). The van der Waals surface area contributed by atoms with Crippen LogP contribution in [0.5, 0.6) is 0 Å². The molecule has 5 heteroatoms. The second-order valence-electron chi connectivity index (χ2n) is 6.13. The fourth-order valence-corrected chi connectivity index (χ4v) is 2.83. The van der Waals surface area contributed by atoms with Gasteiger partial charge >= 0.3 is 0 Å².